The molecule has 4 nitrogen and oxygen atoms in total. The highest BCUT2D eigenvalue weighted by molar-refractivity contribution is 5.75. The SMILES string of the molecule is N[C@@H]1c2ccccc2CC[C@H]1OCc1ccc(-c2nc3ccccc3o2)cc1. The Balaban J connectivity index is 1.27. The van der Waals surface area contributed by atoms with Crippen molar-refractivity contribution in [3.63, 3.8) is 0 Å². The molecule has 4 heteroatoms. The molecule has 28 heavy (non-hydrogen) atoms. The molecule has 1 aromatic heterocycles. The number of hydrogen-bond donors (Lipinski definition) is 1. The second kappa shape index (κ2) is 7.23. The molecule has 1 heterocycles. The maximum atomic E-state index is 6.45. The second-order valence-electron chi connectivity index (χ2n) is 7.30. The van der Waals surface area contributed by atoms with Gasteiger partial charge in [0.15, 0.2) is 5.58 Å². The van der Waals surface area contributed by atoms with Crippen molar-refractivity contribution in [2.24, 2.45) is 5.73 Å². The van der Waals surface area contributed by atoms with E-state index >= 15 is 0 Å². The molecule has 2 N–H and O–H groups in total. The smallest absolute Gasteiger partial charge is 0.227 e. The lowest BCUT2D eigenvalue weighted by Gasteiger charge is -2.31. The van der Waals surface area contributed by atoms with Gasteiger partial charge in [-0.3, -0.25) is 0 Å². The summed E-state index contributed by atoms with van der Waals surface area (Å²) in [6.45, 7) is 0.550. The summed E-state index contributed by atoms with van der Waals surface area (Å²) in [7, 11) is 0. The monoisotopic (exact) mass is 370 g/mol. The lowest BCUT2D eigenvalue weighted by Crippen LogP contribution is -2.33. The average Bonchev–Trinajstić information content (AvgIpc) is 3.18. The Kier molecular flexibility index (Phi) is 4.43. The number of fused-ring (bicyclic) bond motifs is 2. The number of benzene rings is 3. The number of nitrogens with zero attached hydrogens (tertiary/aromatic N) is 1. The Morgan fingerprint density at radius 2 is 1.75 bits per heavy atom. The zero-order valence-electron chi connectivity index (χ0n) is 15.5. The number of ether oxygens (including phenoxy) is 1. The highest BCUT2D eigenvalue weighted by Crippen LogP contribution is 2.31. The van der Waals surface area contributed by atoms with Crippen LogP contribution in [0.3, 0.4) is 0 Å². The molecule has 0 fully saturated rings. The van der Waals surface area contributed by atoms with Crippen LogP contribution in [-0.4, -0.2) is 11.1 Å². The summed E-state index contributed by atoms with van der Waals surface area (Å²) < 4.78 is 12.0. The Hall–Kier alpha value is -2.95. The van der Waals surface area contributed by atoms with Gasteiger partial charge in [0, 0.05) is 5.56 Å². The Morgan fingerprint density at radius 1 is 0.964 bits per heavy atom. The van der Waals surface area contributed by atoms with Gasteiger partial charge in [-0.1, -0.05) is 48.5 Å². The Morgan fingerprint density at radius 3 is 2.61 bits per heavy atom. The summed E-state index contributed by atoms with van der Waals surface area (Å²) in [6.07, 6.45) is 2.02. The molecule has 5 rings (SSSR count). The number of aromatic nitrogens is 1. The van der Waals surface area contributed by atoms with E-state index in [1.165, 1.54) is 11.1 Å². The van der Waals surface area contributed by atoms with Gasteiger partial charge in [0.25, 0.3) is 0 Å². The van der Waals surface area contributed by atoms with Gasteiger partial charge in [-0.25, -0.2) is 4.98 Å². The van der Waals surface area contributed by atoms with Crippen LogP contribution in [0.25, 0.3) is 22.6 Å². The number of hydrogen-bond acceptors (Lipinski definition) is 4. The fourth-order valence-electron chi connectivity index (χ4n) is 3.89. The minimum Gasteiger partial charge on any atom is -0.436 e. The van der Waals surface area contributed by atoms with Gasteiger partial charge in [-0.15, -0.1) is 0 Å². The molecule has 1 aliphatic rings. The number of para-hydroxylation sites is 2. The molecule has 0 spiro atoms. The standard InChI is InChI=1S/C24H22N2O2/c25-23-19-6-2-1-5-17(19)13-14-22(23)27-15-16-9-11-18(12-10-16)24-26-20-7-3-4-8-21(20)28-24/h1-12,22-23H,13-15,25H2/t22-,23-/m1/s1. The first-order valence-electron chi connectivity index (χ1n) is 9.68. The van der Waals surface area contributed by atoms with Crippen LogP contribution in [0.4, 0.5) is 0 Å². The predicted molar refractivity (Wildman–Crippen MR) is 110 cm³/mol. The molecule has 0 saturated heterocycles. The van der Waals surface area contributed by atoms with Gasteiger partial charge in [0.2, 0.25) is 5.89 Å². The first-order chi connectivity index (χ1) is 13.8. The molecule has 140 valence electrons. The summed E-state index contributed by atoms with van der Waals surface area (Å²) in [5, 5.41) is 0. The van der Waals surface area contributed by atoms with Crippen LogP contribution in [0.1, 0.15) is 29.2 Å². The number of nitrogens with two attached hydrogens (primary N) is 1. The summed E-state index contributed by atoms with van der Waals surface area (Å²) in [5.41, 5.74) is 12.8. The minimum absolute atomic E-state index is 0.0478. The first-order valence-corrected chi connectivity index (χ1v) is 9.68. The van der Waals surface area contributed by atoms with Gasteiger partial charge in [0.1, 0.15) is 5.52 Å². The highest BCUT2D eigenvalue weighted by atomic mass is 16.5. The number of rotatable bonds is 4. The second-order valence-corrected chi connectivity index (χ2v) is 7.30. The average molecular weight is 370 g/mol. The van der Waals surface area contributed by atoms with Crippen LogP contribution < -0.4 is 5.73 Å². The van der Waals surface area contributed by atoms with Crippen molar-refractivity contribution in [2.75, 3.05) is 0 Å². The summed E-state index contributed by atoms with van der Waals surface area (Å²) >= 11 is 0. The van der Waals surface area contributed by atoms with E-state index in [1.54, 1.807) is 0 Å². The van der Waals surface area contributed by atoms with E-state index in [1.807, 2.05) is 42.5 Å². The third-order valence-corrected chi connectivity index (χ3v) is 5.47. The van der Waals surface area contributed by atoms with Gasteiger partial charge < -0.3 is 14.9 Å². The van der Waals surface area contributed by atoms with E-state index in [2.05, 4.69) is 35.3 Å². The Labute approximate surface area is 164 Å². The molecule has 1 aliphatic carbocycles. The third kappa shape index (κ3) is 3.21. The quantitative estimate of drug-likeness (QED) is 0.547. The third-order valence-electron chi connectivity index (χ3n) is 5.47. The van der Waals surface area contributed by atoms with Crippen LogP contribution in [0.2, 0.25) is 0 Å². The van der Waals surface area contributed by atoms with Crippen molar-refractivity contribution < 1.29 is 9.15 Å². The van der Waals surface area contributed by atoms with E-state index in [4.69, 9.17) is 14.9 Å². The molecule has 0 unspecified atom stereocenters. The molecule has 3 aromatic carbocycles. The van der Waals surface area contributed by atoms with Crippen molar-refractivity contribution in [2.45, 2.75) is 31.6 Å². The fourth-order valence-corrected chi connectivity index (χ4v) is 3.89. The van der Waals surface area contributed by atoms with E-state index < -0.39 is 0 Å². The molecule has 0 amide bonds. The summed E-state index contributed by atoms with van der Waals surface area (Å²) in [5.74, 6) is 0.638. The van der Waals surface area contributed by atoms with Crippen molar-refractivity contribution in [3.8, 4) is 11.5 Å². The van der Waals surface area contributed by atoms with E-state index in [0.29, 0.717) is 12.5 Å². The van der Waals surface area contributed by atoms with Gasteiger partial charge in [-0.2, -0.15) is 0 Å². The van der Waals surface area contributed by atoms with Gasteiger partial charge in [-0.05, 0) is 53.8 Å². The molecule has 2 atom stereocenters. The van der Waals surface area contributed by atoms with E-state index in [9.17, 15) is 0 Å². The largest absolute Gasteiger partial charge is 0.436 e. The summed E-state index contributed by atoms with van der Waals surface area (Å²) in [6, 6.07) is 24.3. The lowest BCUT2D eigenvalue weighted by molar-refractivity contribution is 0.0135. The van der Waals surface area contributed by atoms with Crippen LogP contribution >= 0.6 is 0 Å². The summed E-state index contributed by atoms with van der Waals surface area (Å²) in [4.78, 5) is 4.55. The number of aryl methyl sites for hydroxylation is 1. The molecular formula is C24H22N2O2. The van der Waals surface area contributed by atoms with Crippen LogP contribution in [-0.2, 0) is 17.8 Å². The lowest BCUT2D eigenvalue weighted by atomic mass is 9.86. The molecule has 0 radical (unpaired) electrons. The fraction of sp³-hybridized carbons (Fsp3) is 0.208. The first kappa shape index (κ1) is 17.2. The molecule has 0 bridgehead atoms. The zero-order chi connectivity index (χ0) is 18.9. The normalized spacial score (nSPS) is 18.9. The van der Waals surface area contributed by atoms with Gasteiger partial charge >= 0.3 is 0 Å². The number of oxazole rings is 1. The Bertz CT molecular complexity index is 1070. The zero-order valence-corrected chi connectivity index (χ0v) is 15.5. The highest BCUT2D eigenvalue weighted by Gasteiger charge is 2.26. The topological polar surface area (TPSA) is 61.3 Å². The predicted octanol–water partition coefficient (Wildman–Crippen LogP) is 5.03. The van der Waals surface area contributed by atoms with E-state index in [0.717, 1.165) is 35.1 Å². The van der Waals surface area contributed by atoms with E-state index in [-0.39, 0.29) is 12.1 Å². The van der Waals surface area contributed by atoms with Crippen molar-refractivity contribution in [3.05, 3.63) is 89.5 Å². The molecule has 0 saturated carbocycles. The maximum absolute atomic E-state index is 6.45. The minimum atomic E-state index is -0.0658. The molecule has 4 aromatic rings. The van der Waals surface area contributed by atoms with Crippen molar-refractivity contribution in [1.29, 1.82) is 0 Å². The maximum Gasteiger partial charge on any atom is 0.227 e. The van der Waals surface area contributed by atoms with Crippen molar-refractivity contribution in [1.82, 2.24) is 4.98 Å². The van der Waals surface area contributed by atoms with Gasteiger partial charge in [0.05, 0.1) is 18.8 Å². The molecule has 0 aliphatic heterocycles. The molecular weight excluding hydrogens is 348 g/mol. The van der Waals surface area contributed by atoms with Crippen molar-refractivity contribution >= 4 is 11.1 Å². The van der Waals surface area contributed by atoms with Crippen LogP contribution in [0.5, 0.6) is 0 Å². The van der Waals surface area contributed by atoms with Crippen LogP contribution in [0.15, 0.2) is 77.2 Å². The van der Waals surface area contributed by atoms with Crippen LogP contribution in [0, 0.1) is 0 Å².